The number of rotatable bonds is 17. The van der Waals surface area contributed by atoms with E-state index in [1.165, 1.54) is 44.9 Å². The number of carbonyl (C=O) groups is 3. The number of nitrogens with one attached hydrogen (secondary N) is 1. The molecular weight excluding hydrogens is 454 g/mol. The first kappa shape index (κ1) is 31.4. The van der Waals surface area contributed by atoms with Gasteiger partial charge in [0.05, 0.1) is 12.2 Å². The van der Waals surface area contributed by atoms with Crippen LogP contribution in [0.15, 0.2) is 36.4 Å². The fourth-order valence-electron chi connectivity index (χ4n) is 3.90. The van der Waals surface area contributed by atoms with E-state index in [0.717, 1.165) is 31.5 Å². The molecule has 1 atom stereocenters. The van der Waals surface area contributed by atoms with Crippen LogP contribution in [0, 0.1) is 11.3 Å². The third kappa shape index (κ3) is 12.9. The Morgan fingerprint density at radius 1 is 0.889 bits per heavy atom. The molecule has 0 saturated heterocycles. The lowest BCUT2D eigenvalue weighted by Gasteiger charge is -2.26. The van der Waals surface area contributed by atoms with Gasteiger partial charge in [0.1, 0.15) is 0 Å². The number of esters is 3. The van der Waals surface area contributed by atoms with E-state index < -0.39 is 29.2 Å². The lowest BCUT2D eigenvalue weighted by atomic mass is 9.81. The van der Waals surface area contributed by atoms with Crippen LogP contribution in [-0.2, 0) is 19.1 Å². The predicted molar refractivity (Wildman–Crippen MR) is 146 cm³/mol. The SMILES string of the molecule is CCCCCCCCCC=CCCCNc1cccc(C(=O)OC(=O)C(C(=O)OCC)C(C)(C)C)c1. The number of benzene rings is 1. The third-order valence-corrected chi connectivity index (χ3v) is 5.93. The Bertz CT molecular complexity index is 825. The molecule has 0 bridgehead atoms. The molecule has 0 saturated carbocycles. The molecule has 0 aliphatic heterocycles. The number of allylic oxidation sites excluding steroid dienone is 2. The second kappa shape index (κ2) is 17.7. The van der Waals surface area contributed by atoms with Crippen molar-refractivity contribution in [1.29, 1.82) is 0 Å². The minimum absolute atomic E-state index is 0.148. The summed E-state index contributed by atoms with van der Waals surface area (Å²) in [5, 5.41) is 3.31. The van der Waals surface area contributed by atoms with Crippen molar-refractivity contribution in [3.63, 3.8) is 0 Å². The smallest absolute Gasteiger partial charge is 0.345 e. The number of carbonyl (C=O) groups excluding carboxylic acids is 3. The van der Waals surface area contributed by atoms with Crippen LogP contribution in [0.1, 0.15) is 109 Å². The van der Waals surface area contributed by atoms with Crippen molar-refractivity contribution in [2.75, 3.05) is 18.5 Å². The lowest BCUT2D eigenvalue weighted by molar-refractivity contribution is -0.163. The van der Waals surface area contributed by atoms with Crippen LogP contribution >= 0.6 is 0 Å². The molecule has 0 aromatic heterocycles. The van der Waals surface area contributed by atoms with Crippen molar-refractivity contribution in [3.05, 3.63) is 42.0 Å². The van der Waals surface area contributed by atoms with Crippen LogP contribution in [0.3, 0.4) is 0 Å². The Morgan fingerprint density at radius 3 is 2.17 bits per heavy atom. The summed E-state index contributed by atoms with van der Waals surface area (Å²) in [5.41, 5.74) is 0.288. The highest BCUT2D eigenvalue weighted by Crippen LogP contribution is 2.29. The molecule has 202 valence electrons. The van der Waals surface area contributed by atoms with Gasteiger partial charge in [0, 0.05) is 12.2 Å². The molecule has 1 N–H and O–H groups in total. The molecule has 0 radical (unpaired) electrons. The Morgan fingerprint density at radius 2 is 1.53 bits per heavy atom. The van der Waals surface area contributed by atoms with Crippen molar-refractivity contribution in [2.24, 2.45) is 11.3 Å². The van der Waals surface area contributed by atoms with Crippen molar-refractivity contribution >= 4 is 23.6 Å². The van der Waals surface area contributed by atoms with E-state index in [1.807, 2.05) is 6.07 Å². The third-order valence-electron chi connectivity index (χ3n) is 5.93. The summed E-state index contributed by atoms with van der Waals surface area (Å²) in [5.74, 6) is -3.54. The van der Waals surface area contributed by atoms with Crippen LogP contribution in [-0.4, -0.2) is 31.1 Å². The lowest BCUT2D eigenvalue weighted by Crippen LogP contribution is -2.39. The average molecular weight is 502 g/mol. The molecule has 1 aromatic rings. The molecular formula is C30H47NO5. The average Bonchev–Trinajstić information content (AvgIpc) is 2.81. The van der Waals surface area contributed by atoms with Crippen LogP contribution in [0.2, 0.25) is 0 Å². The topological polar surface area (TPSA) is 81.7 Å². The Labute approximate surface area is 218 Å². The van der Waals surface area contributed by atoms with Crippen LogP contribution in [0.5, 0.6) is 0 Å². The number of hydrogen-bond acceptors (Lipinski definition) is 6. The number of unbranched alkanes of at least 4 members (excludes halogenated alkanes) is 8. The summed E-state index contributed by atoms with van der Waals surface area (Å²) in [7, 11) is 0. The van der Waals surface area contributed by atoms with Crippen LogP contribution in [0.4, 0.5) is 5.69 Å². The zero-order valence-corrected chi connectivity index (χ0v) is 23.1. The van der Waals surface area contributed by atoms with Gasteiger partial charge < -0.3 is 14.8 Å². The first-order valence-corrected chi connectivity index (χ1v) is 13.6. The van der Waals surface area contributed by atoms with Gasteiger partial charge in [0.15, 0.2) is 5.92 Å². The molecule has 1 aromatic carbocycles. The predicted octanol–water partition coefficient (Wildman–Crippen LogP) is 7.48. The number of hydrogen-bond donors (Lipinski definition) is 1. The van der Waals surface area contributed by atoms with Gasteiger partial charge >= 0.3 is 17.9 Å². The fraction of sp³-hybridized carbons (Fsp3) is 0.633. The summed E-state index contributed by atoms with van der Waals surface area (Å²) in [6.45, 7) is 10.0. The zero-order chi connectivity index (χ0) is 26.8. The van der Waals surface area contributed by atoms with Crippen LogP contribution in [0.25, 0.3) is 0 Å². The highest BCUT2D eigenvalue weighted by molar-refractivity contribution is 6.04. The molecule has 6 nitrogen and oxygen atoms in total. The summed E-state index contributed by atoms with van der Waals surface area (Å²) >= 11 is 0. The molecule has 0 aliphatic carbocycles. The van der Waals surface area contributed by atoms with E-state index in [0.29, 0.717) is 0 Å². The quantitative estimate of drug-likeness (QED) is 0.103. The van der Waals surface area contributed by atoms with Crippen molar-refractivity contribution < 1.29 is 23.9 Å². The molecule has 0 amide bonds. The Kier molecular flexibility index (Phi) is 15.5. The Balaban J connectivity index is 2.41. The molecule has 1 rings (SSSR count). The van der Waals surface area contributed by atoms with E-state index in [-0.39, 0.29) is 12.2 Å². The zero-order valence-electron chi connectivity index (χ0n) is 23.1. The molecule has 0 aliphatic rings. The maximum absolute atomic E-state index is 12.6. The van der Waals surface area contributed by atoms with Gasteiger partial charge in [-0.1, -0.05) is 84.4 Å². The second-order valence-electron chi connectivity index (χ2n) is 10.3. The van der Waals surface area contributed by atoms with E-state index >= 15 is 0 Å². The summed E-state index contributed by atoms with van der Waals surface area (Å²) in [6.07, 6.45) is 17.0. The first-order valence-electron chi connectivity index (χ1n) is 13.6. The van der Waals surface area contributed by atoms with Crippen LogP contribution < -0.4 is 5.32 Å². The van der Waals surface area contributed by atoms with E-state index in [2.05, 4.69) is 24.4 Å². The summed E-state index contributed by atoms with van der Waals surface area (Å²) in [4.78, 5) is 37.5. The van der Waals surface area contributed by atoms with Gasteiger partial charge in [-0.05, 0) is 56.2 Å². The highest BCUT2D eigenvalue weighted by atomic mass is 16.6. The summed E-state index contributed by atoms with van der Waals surface area (Å²) in [6, 6.07) is 6.84. The summed E-state index contributed by atoms with van der Waals surface area (Å²) < 4.78 is 10.1. The molecule has 0 fully saturated rings. The van der Waals surface area contributed by atoms with Crippen molar-refractivity contribution in [1.82, 2.24) is 0 Å². The Hall–Kier alpha value is -2.63. The largest absolute Gasteiger partial charge is 0.465 e. The van der Waals surface area contributed by atoms with Crippen molar-refractivity contribution in [3.8, 4) is 0 Å². The van der Waals surface area contributed by atoms with E-state index in [9.17, 15) is 14.4 Å². The van der Waals surface area contributed by atoms with Gasteiger partial charge in [0.2, 0.25) is 0 Å². The number of anilines is 1. The molecule has 0 spiro atoms. The van der Waals surface area contributed by atoms with Gasteiger partial charge in [-0.25, -0.2) is 4.79 Å². The molecule has 6 heteroatoms. The minimum Gasteiger partial charge on any atom is -0.465 e. The van der Waals surface area contributed by atoms with Gasteiger partial charge in [-0.2, -0.15) is 0 Å². The highest BCUT2D eigenvalue weighted by Gasteiger charge is 2.41. The first-order chi connectivity index (χ1) is 17.2. The molecule has 1 unspecified atom stereocenters. The maximum Gasteiger partial charge on any atom is 0.345 e. The van der Waals surface area contributed by atoms with Gasteiger partial charge in [0.25, 0.3) is 0 Å². The standard InChI is InChI=1S/C30H47NO5/c1-6-8-9-10-11-12-13-14-15-16-17-18-22-31-25-21-19-20-24(23-25)27(32)36-29(34)26(30(3,4)5)28(33)35-7-2/h15-16,19-21,23,26,31H,6-14,17-18,22H2,1-5H3. The van der Waals surface area contributed by atoms with E-state index in [4.69, 9.17) is 9.47 Å². The fourth-order valence-corrected chi connectivity index (χ4v) is 3.90. The van der Waals surface area contributed by atoms with Gasteiger partial charge in [-0.3, -0.25) is 9.59 Å². The van der Waals surface area contributed by atoms with E-state index in [1.54, 1.807) is 45.9 Å². The monoisotopic (exact) mass is 501 g/mol. The van der Waals surface area contributed by atoms with Crippen molar-refractivity contribution in [2.45, 2.75) is 98.8 Å². The molecule has 0 heterocycles. The minimum atomic E-state index is -1.18. The maximum atomic E-state index is 12.6. The van der Waals surface area contributed by atoms with Gasteiger partial charge in [-0.15, -0.1) is 0 Å². The second-order valence-corrected chi connectivity index (χ2v) is 10.3. The molecule has 36 heavy (non-hydrogen) atoms. The number of ether oxygens (including phenoxy) is 2. The normalized spacial score (nSPS) is 12.4.